The first-order chi connectivity index (χ1) is 9.09. The van der Waals surface area contributed by atoms with Gasteiger partial charge < -0.3 is 5.11 Å². The molecule has 0 aromatic heterocycles. The van der Waals surface area contributed by atoms with E-state index in [9.17, 15) is 21.6 Å². The third-order valence-electron chi connectivity index (χ3n) is 2.39. The molecule has 0 aliphatic carbocycles. The predicted octanol–water partition coefficient (Wildman–Crippen LogP) is -0.151. The summed E-state index contributed by atoms with van der Waals surface area (Å²) in [6.07, 6.45) is 0.957. The van der Waals surface area contributed by atoms with Crippen molar-refractivity contribution in [1.82, 2.24) is 4.72 Å². The van der Waals surface area contributed by atoms with E-state index in [1.807, 2.05) is 0 Å². The molecule has 1 aromatic rings. The molecule has 0 bridgehead atoms. The normalized spacial score (nSPS) is 12.2. The summed E-state index contributed by atoms with van der Waals surface area (Å²) in [6, 6.07) is 5.82. The Hall–Kier alpha value is -1.45. The summed E-state index contributed by atoms with van der Waals surface area (Å²) >= 11 is 0. The lowest BCUT2D eigenvalue weighted by Crippen LogP contribution is -2.29. The number of rotatable bonds is 7. The van der Waals surface area contributed by atoms with Gasteiger partial charge in [-0.25, -0.2) is 26.4 Å². The minimum absolute atomic E-state index is 0.0535. The number of benzene rings is 1. The zero-order chi connectivity index (χ0) is 15.4. The maximum atomic E-state index is 11.6. The molecule has 0 aliphatic rings. The Labute approximate surface area is 117 Å². The Morgan fingerprint density at radius 3 is 2.40 bits per heavy atom. The van der Waals surface area contributed by atoms with Crippen LogP contribution in [-0.4, -0.2) is 45.7 Å². The molecule has 0 radical (unpaired) electrons. The van der Waals surface area contributed by atoms with Gasteiger partial charge in [-0.1, -0.05) is 12.1 Å². The van der Waals surface area contributed by atoms with Crippen molar-refractivity contribution >= 4 is 25.8 Å². The Morgan fingerprint density at radius 2 is 1.85 bits per heavy atom. The fourth-order valence-corrected chi connectivity index (χ4v) is 3.96. The van der Waals surface area contributed by atoms with Crippen LogP contribution in [0.1, 0.15) is 15.9 Å². The van der Waals surface area contributed by atoms with Crippen LogP contribution in [0.4, 0.5) is 0 Å². The summed E-state index contributed by atoms with van der Waals surface area (Å²) in [6.45, 7) is -0.0901. The molecule has 0 saturated heterocycles. The van der Waals surface area contributed by atoms with Crippen LogP contribution in [0.2, 0.25) is 0 Å². The lowest BCUT2D eigenvalue weighted by atomic mass is 10.1. The fraction of sp³-hybridized carbons (Fsp3) is 0.364. The highest BCUT2D eigenvalue weighted by Gasteiger charge is 2.14. The first-order valence-corrected chi connectivity index (χ1v) is 9.28. The number of aromatic carboxylic acids is 1. The van der Waals surface area contributed by atoms with Crippen molar-refractivity contribution in [3.05, 3.63) is 35.4 Å². The van der Waals surface area contributed by atoms with Crippen molar-refractivity contribution in [2.24, 2.45) is 0 Å². The zero-order valence-electron chi connectivity index (χ0n) is 10.7. The van der Waals surface area contributed by atoms with Gasteiger partial charge in [0.15, 0.2) is 0 Å². The second-order valence-corrected chi connectivity index (χ2v) is 8.46. The van der Waals surface area contributed by atoms with Crippen LogP contribution in [-0.2, 0) is 26.4 Å². The Kier molecular flexibility index (Phi) is 5.26. The van der Waals surface area contributed by atoms with Crippen LogP contribution < -0.4 is 4.72 Å². The molecule has 1 aromatic carbocycles. The summed E-state index contributed by atoms with van der Waals surface area (Å²) in [5.41, 5.74) is 0.533. The predicted molar refractivity (Wildman–Crippen MR) is 73.7 cm³/mol. The summed E-state index contributed by atoms with van der Waals surface area (Å²) in [5.74, 6) is -2.09. The van der Waals surface area contributed by atoms with Crippen molar-refractivity contribution in [2.75, 3.05) is 17.8 Å². The lowest BCUT2D eigenvalue weighted by molar-refractivity contribution is 0.0696. The number of sulfonamides is 1. The highest BCUT2D eigenvalue weighted by molar-refractivity contribution is 7.93. The molecule has 112 valence electrons. The van der Waals surface area contributed by atoms with Gasteiger partial charge in [0, 0.05) is 12.8 Å². The van der Waals surface area contributed by atoms with Crippen LogP contribution in [0, 0.1) is 0 Å². The molecule has 0 aliphatic heterocycles. The van der Waals surface area contributed by atoms with Gasteiger partial charge >= 0.3 is 5.97 Å². The first-order valence-electron chi connectivity index (χ1n) is 5.56. The topological polar surface area (TPSA) is 118 Å². The van der Waals surface area contributed by atoms with E-state index in [4.69, 9.17) is 5.11 Å². The number of carboxylic acid groups (broad SMARTS) is 1. The molecular formula is C11H15NO6S2. The number of carbonyl (C=O) groups is 1. The van der Waals surface area contributed by atoms with E-state index in [0.29, 0.717) is 5.56 Å². The average molecular weight is 321 g/mol. The molecule has 0 spiro atoms. The summed E-state index contributed by atoms with van der Waals surface area (Å²) in [5, 5.41) is 8.81. The SMILES string of the molecule is CS(=O)(=O)CCS(=O)(=O)NCc1cccc(C(=O)O)c1. The van der Waals surface area contributed by atoms with Gasteiger partial charge in [-0.05, 0) is 17.7 Å². The van der Waals surface area contributed by atoms with E-state index in [-0.39, 0.29) is 12.1 Å². The molecule has 0 saturated carbocycles. The van der Waals surface area contributed by atoms with E-state index in [1.165, 1.54) is 18.2 Å². The molecule has 0 amide bonds. The molecule has 20 heavy (non-hydrogen) atoms. The Bertz CT molecular complexity index is 693. The molecule has 0 heterocycles. The minimum atomic E-state index is -3.72. The van der Waals surface area contributed by atoms with E-state index >= 15 is 0 Å². The van der Waals surface area contributed by atoms with Crippen LogP contribution >= 0.6 is 0 Å². The van der Waals surface area contributed by atoms with Crippen LogP contribution in [0.5, 0.6) is 0 Å². The maximum absolute atomic E-state index is 11.6. The molecule has 7 nitrogen and oxygen atoms in total. The second kappa shape index (κ2) is 6.33. The Balaban J connectivity index is 2.67. The van der Waals surface area contributed by atoms with Gasteiger partial charge in [0.1, 0.15) is 9.84 Å². The van der Waals surface area contributed by atoms with Gasteiger partial charge in [0.2, 0.25) is 10.0 Å². The van der Waals surface area contributed by atoms with Crippen LogP contribution in [0.25, 0.3) is 0 Å². The lowest BCUT2D eigenvalue weighted by Gasteiger charge is -2.07. The molecular weight excluding hydrogens is 306 g/mol. The van der Waals surface area contributed by atoms with Crippen molar-refractivity contribution in [3.63, 3.8) is 0 Å². The van der Waals surface area contributed by atoms with E-state index in [1.54, 1.807) is 6.07 Å². The number of hydrogen-bond acceptors (Lipinski definition) is 5. The monoisotopic (exact) mass is 321 g/mol. The van der Waals surface area contributed by atoms with Gasteiger partial charge in [-0.3, -0.25) is 0 Å². The molecule has 0 fully saturated rings. The third kappa shape index (κ3) is 6.13. The molecule has 2 N–H and O–H groups in total. The summed E-state index contributed by atoms with van der Waals surface area (Å²) in [7, 11) is -7.08. The summed E-state index contributed by atoms with van der Waals surface area (Å²) < 4.78 is 47.2. The van der Waals surface area contributed by atoms with E-state index in [2.05, 4.69) is 4.72 Å². The number of carboxylic acids is 1. The highest BCUT2D eigenvalue weighted by Crippen LogP contribution is 2.05. The quantitative estimate of drug-likeness (QED) is 0.721. The summed E-state index contributed by atoms with van der Waals surface area (Å²) in [4.78, 5) is 10.8. The fourth-order valence-electron chi connectivity index (χ4n) is 1.34. The van der Waals surface area contributed by atoms with E-state index in [0.717, 1.165) is 6.26 Å². The van der Waals surface area contributed by atoms with Gasteiger partial charge in [-0.15, -0.1) is 0 Å². The van der Waals surface area contributed by atoms with E-state index < -0.39 is 37.3 Å². The molecule has 0 atom stereocenters. The van der Waals surface area contributed by atoms with Crippen molar-refractivity contribution in [1.29, 1.82) is 0 Å². The van der Waals surface area contributed by atoms with Gasteiger partial charge in [-0.2, -0.15) is 0 Å². The second-order valence-electron chi connectivity index (χ2n) is 4.28. The van der Waals surface area contributed by atoms with Crippen LogP contribution in [0.15, 0.2) is 24.3 Å². The van der Waals surface area contributed by atoms with Crippen molar-refractivity contribution < 1.29 is 26.7 Å². The average Bonchev–Trinajstić information content (AvgIpc) is 2.34. The smallest absolute Gasteiger partial charge is 0.335 e. The number of nitrogens with one attached hydrogen (secondary N) is 1. The number of sulfone groups is 1. The largest absolute Gasteiger partial charge is 0.478 e. The van der Waals surface area contributed by atoms with Gasteiger partial charge in [0.05, 0.1) is 17.1 Å². The zero-order valence-corrected chi connectivity index (χ0v) is 12.4. The first kappa shape index (κ1) is 16.6. The standard InChI is InChI=1S/C11H15NO6S2/c1-19(15,16)5-6-20(17,18)12-8-9-3-2-4-10(7-9)11(13)14/h2-4,7,12H,5-6,8H2,1H3,(H,13,14). The maximum Gasteiger partial charge on any atom is 0.335 e. The van der Waals surface area contributed by atoms with Gasteiger partial charge in [0.25, 0.3) is 0 Å². The number of hydrogen-bond donors (Lipinski definition) is 2. The van der Waals surface area contributed by atoms with Crippen LogP contribution in [0.3, 0.4) is 0 Å². The van der Waals surface area contributed by atoms with Crippen molar-refractivity contribution in [2.45, 2.75) is 6.54 Å². The molecule has 0 unspecified atom stereocenters. The van der Waals surface area contributed by atoms with Crippen molar-refractivity contribution in [3.8, 4) is 0 Å². The third-order valence-corrected chi connectivity index (χ3v) is 4.92. The Morgan fingerprint density at radius 1 is 1.20 bits per heavy atom. The molecule has 9 heteroatoms. The molecule has 1 rings (SSSR count). The minimum Gasteiger partial charge on any atom is -0.478 e. The highest BCUT2D eigenvalue weighted by atomic mass is 32.2.